The van der Waals surface area contributed by atoms with Crippen molar-refractivity contribution in [3.05, 3.63) is 58.7 Å². The highest BCUT2D eigenvalue weighted by molar-refractivity contribution is 6.51. The maximum atomic E-state index is 11.7. The number of nitrogens with one attached hydrogen (secondary N) is 2. The fraction of sp³-hybridized carbons (Fsp3) is 0.391. The van der Waals surface area contributed by atoms with Crippen LogP contribution in [0, 0.1) is 0 Å². The van der Waals surface area contributed by atoms with Gasteiger partial charge in [-0.2, -0.15) is 0 Å². The van der Waals surface area contributed by atoms with Gasteiger partial charge in [0.05, 0.1) is 18.4 Å². The lowest BCUT2D eigenvalue weighted by Crippen LogP contribution is -2.22. The van der Waals surface area contributed by atoms with Crippen molar-refractivity contribution < 1.29 is 14.3 Å². The zero-order valence-corrected chi connectivity index (χ0v) is 16.2. The molecule has 1 amide bonds. The van der Waals surface area contributed by atoms with Crippen LogP contribution >= 0.6 is 0 Å². The molecule has 2 aromatic rings. The molecule has 1 aliphatic carbocycles. The summed E-state index contributed by atoms with van der Waals surface area (Å²) in [6.07, 6.45) is 5.56. The first-order chi connectivity index (χ1) is 13.7. The predicted molar refractivity (Wildman–Crippen MR) is 109 cm³/mol. The summed E-state index contributed by atoms with van der Waals surface area (Å²) in [7, 11) is 1.75. The highest BCUT2D eigenvalue weighted by Crippen LogP contribution is 2.38. The molecule has 0 aromatic heterocycles. The van der Waals surface area contributed by atoms with Gasteiger partial charge in [0.15, 0.2) is 0 Å². The van der Waals surface area contributed by atoms with Gasteiger partial charge < -0.3 is 15.4 Å². The zero-order valence-electron chi connectivity index (χ0n) is 16.2. The lowest BCUT2D eigenvalue weighted by Gasteiger charge is -2.27. The molecule has 2 aliphatic rings. The van der Waals surface area contributed by atoms with Crippen molar-refractivity contribution in [3.8, 4) is 5.75 Å². The molecule has 0 spiro atoms. The summed E-state index contributed by atoms with van der Waals surface area (Å²) in [6.45, 7) is 1.85. The number of rotatable bonds is 7. The van der Waals surface area contributed by atoms with Crippen LogP contribution in [0.1, 0.15) is 52.2 Å². The van der Waals surface area contributed by atoms with Gasteiger partial charge in [0.25, 0.3) is 11.7 Å². The van der Waals surface area contributed by atoms with E-state index in [0.29, 0.717) is 17.2 Å². The molecule has 4 rings (SSSR count). The van der Waals surface area contributed by atoms with Crippen LogP contribution in [0.5, 0.6) is 5.75 Å². The zero-order chi connectivity index (χ0) is 19.5. The molecule has 1 heterocycles. The molecule has 5 nitrogen and oxygen atoms in total. The predicted octanol–water partition coefficient (Wildman–Crippen LogP) is 3.47. The molecule has 1 atom stereocenters. The molecule has 5 heteroatoms. The highest BCUT2D eigenvalue weighted by Gasteiger charge is 2.27. The number of carbonyl (C=O) groups is 2. The standard InChI is InChI=1S/C23H26N2O3/c1-28-21-7-3-5-17-16(4-2-6-18(17)21)11-13-24-12-10-15-8-9-19-20(14-15)25-23(27)22(19)26/h3,5,7-9,14,16,24H,2,4,6,10-13H2,1H3,(H,25,26,27). The Kier molecular flexibility index (Phi) is 5.44. The second-order valence-corrected chi connectivity index (χ2v) is 7.57. The number of amides is 1. The number of ether oxygens (including phenoxy) is 1. The van der Waals surface area contributed by atoms with Crippen LogP contribution in [0.25, 0.3) is 0 Å². The number of methoxy groups -OCH3 is 1. The number of anilines is 1. The molecule has 1 unspecified atom stereocenters. The molecule has 0 saturated heterocycles. The van der Waals surface area contributed by atoms with Crippen molar-refractivity contribution in [1.29, 1.82) is 0 Å². The van der Waals surface area contributed by atoms with Gasteiger partial charge in [0.1, 0.15) is 5.75 Å². The van der Waals surface area contributed by atoms with Gasteiger partial charge in [-0.3, -0.25) is 9.59 Å². The summed E-state index contributed by atoms with van der Waals surface area (Å²) in [4.78, 5) is 23.1. The smallest absolute Gasteiger partial charge is 0.296 e. The minimum Gasteiger partial charge on any atom is -0.496 e. The second kappa shape index (κ2) is 8.15. The molecule has 0 saturated carbocycles. The minimum absolute atomic E-state index is 0.441. The molecule has 0 bridgehead atoms. The van der Waals surface area contributed by atoms with Crippen LogP contribution < -0.4 is 15.4 Å². The third-order valence-electron chi connectivity index (χ3n) is 5.85. The van der Waals surface area contributed by atoms with E-state index in [1.54, 1.807) is 13.2 Å². The number of benzene rings is 2. The monoisotopic (exact) mass is 378 g/mol. The van der Waals surface area contributed by atoms with Crippen LogP contribution in [0.2, 0.25) is 0 Å². The quantitative estimate of drug-likeness (QED) is 0.572. The molecule has 1 aliphatic heterocycles. The number of hydrogen-bond acceptors (Lipinski definition) is 4. The normalized spacial score (nSPS) is 17.8. The van der Waals surface area contributed by atoms with E-state index in [9.17, 15) is 9.59 Å². The van der Waals surface area contributed by atoms with E-state index in [1.165, 1.54) is 24.0 Å². The maximum Gasteiger partial charge on any atom is 0.296 e. The Labute approximate surface area is 165 Å². The van der Waals surface area contributed by atoms with E-state index in [-0.39, 0.29) is 0 Å². The minimum atomic E-state index is -0.533. The van der Waals surface area contributed by atoms with Gasteiger partial charge in [0.2, 0.25) is 0 Å². The molecular weight excluding hydrogens is 352 g/mol. The largest absolute Gasteiger partial charge is 0.496 e. The van der Waals surface area contributed by atoms with E-state index in [0.717, 1.165) is 43.7 Å². The van der Waals surface area contributed by atoms with E-state index < -0.39 is 11.7 Å². The van der Waals surface area contributed by atoms with Crippen molar-refractivity contribution >= 4 is 17.4 Å². The van der Waals surface area contributed by atoms with Crippen molar-refractivity contribution in [1.82, 2.24) is 5.32 Å². The average Bonchev–Trinajstić information content (AvgIpc) is 3.00. The maximum absolute atomic E-state index is 11.7. The number of hydrogen-bond donors (Lipinski definition) is 2. The summed E-state index contributed by atoms with van der Waals surface area (Å²) in [6, 6.07) is 12.0. The first kappa shape index (κ1) is 18.7. The van der Waals surface area contributed by atoms with E-state index in [2.05, 4.69) is 28.8 Å². The first-order valence-electron chi connectivity index (χ1n) is 10.0. The van der Waals surface area contributed by atoms with Gasteiger partial charge in [-0.05, 0) is 86.0 Å². The average molecular weight is 378 g/mol. The Balaban J connectivity index is 1.27. The summed E-state index contributed by atoms with van der Waals surface area (Å²) in [5, 5.41) is 6.17. The van der Waals surface area contributed by atoms with Gasteiger partial charge in [0, 0.05) is 0 Å². The summed E-state index contributed by atoms with van der Waals surface area (Å²) < 4.78 is 5.54. The van der Waals surface area contributed by atoms with Crippen LogP contribution in [-0.4, -0.2) is 31.9 Å². The molecule has 0 fully saturated rings. The van der Waals surface area contributed by atoms with Crippen LogP contribution in [0.15, 0.2) is 36.4 Å². The van der Waals surface area contributed by atoms with Gasteiger partial charge in [-0.1, -0.05) is 18.2 Å². The van der Waals surface area contributed by atoms with Crippen molar-refractivity contribution in [3.63, 3.8) is 0 Å². The Morgan fingerprint density at radius 2 is 2.07 bits per heavy atom. The highest BCUT2D eigenvalue weighted by atomic mass is 16.5. The number of fused-ring (bicyclic) bond motifs is 2. The molecule has 146 valence electrons. The number of carbonyl (C=O) groups excluding carboxylic acids is 2. The lowest BCUT2D eigenvalue weighted by atomic mass is 9.80. The summed E-state index contributed by atoms with van der Waals surface area (Å²) >= 11 is 0. The SMILES string of the molecule is COc1cccc2c1CCCC2CCNCCc1ccc2c(c1)NC(=O)C2=O. The van der Waals surface area contributed by atoms with Gasteiger partial charge >= 0.3 is 0 Å². The number of Topliss-reactive ketones (excluding diaryl/α,β-unsaturated/α-hetero) is 1. The summed E-state index contributed by atoms with van der Waals surface area (Å²) in [5.41, 5.74) is 5.07. The molecule has 2 N–H and O–H groups in total. The Morgan fingerprint density at radius 1 is 1.18 bits per heavy atom. The van der Waals surface area contributed by atoms with Crippen molar-refractivity contribution in [2.24, 2.45) is 0 Å². The third-order valence-corrected chi connectivity index (χ3v) is 5.85. The molecule has 28 heavy (non-hydrogen) atoms. The topological polar surface area (TPSA) is 67.4 Å². The summed E-state index contributed by atoms with van der Waals surface area (Å²) in [5.74, 6) is 0.642. The van der Waals surface area contributed by atoms with Crippen LogP contribution in [0.4, 0.5) is 5.69 Å². The van der Waals surface area contributed by atoms with E-state index in [1.807, 2.05) is 12.1 Å². The van der Waals surface area contributed by atoms with E-state index in [4.69, 9.17) is 4.74 Å². The van der Waals surface area contributed by atoms with Gasteiger partial charge in [-0.15, -0.1) is 0 Å². The van der Waals surface area contributed by atoms with Crippen LogP contribution in [0.3, 0.4) is 0 Å². The third kappa shape index (κ3) is 3.67. The lowest BCUT2D eigenvalue weighted by molar-refractivity contribution is -0.112. The van der Waals surface area contributed by atoms with Crippen LogP contribution in [-0.2, 0) is 17.6 Å². The van der Waals surface area contributed by atoms with Crippen molar-refractivity contribution in [2.75, 3.05) is 25.5 Å². The molecule has 0 radical (unpaired) electrons. The molecule has 2 aromatic carbocycles. The second-order valence-electron chi connectivity index (χ2n) is 7.57. The number of ketones is 1. The van der Waals surface area contributed by atoms with Gasteiger partial charge in [-0.25, -0.2) is 0 Å². The Bertz CT molecular complexity index is 907. The first-order valence-corrected chi connectivity index (χ1v) is 10.0. The van der Waals surface area contributed by atoms with Crippen molar-refractivity contribution in [2.45, 2.75) is 38.0 Å². The fourth-order valence-corrected chi connectivity index (χ4v) is 4.39. The molecular formula is C23H26N2O3. The Hall–Kier alpha value is -2.66. The Morgan fingerprint density at radius 3 is 2.93 bits per heavy atom. The van der Waals surface area contributed by atoms with E-state index >= 15 is 0 Å². The fourth-order valence-electron chi connectivity index (χ4n) is 4.39.